The minimum Gasteiger partial charge on any atom is -0.497 e. The quantitative estimate of drug-likeness (QED) is 0.894. The Balaban J connectivity index is 1.72. The molecule has 1 N–H and O–H groups in total. The van der Waals surface area contributed by atoms with Crippen molar-refractivity contribution in [1.82, 2.24) is 5.32 Å². The molecule has 0 bridgehead atoms. The number of nitrogens with one attached hydrogen (secondary N) is 1. The van der Waals surface area contributed by atoms with Crippen LogP contribution >= 0.6 is 0 Å². The molecule has 116 valence electrons. The molecule has 0 radical (unpaired) electrons. The van der Waals surface area contributed by atoms with Crippen LogP contribution < -0.4 is 10.1 Å². The molecule has 0 aromatic heterocycles. The molecule has 3 heteroatoms. The highest BCUT2D eigenvalue weighted by Crippen LogP contribution is 2.17. The van der Waals surface area contributed by atoms with E-state index in [9.17, 15) is 4.79 Å². The zero-order valence-electron chi connectivity index (χ0n) is 13.1. The molecule has 0 saturated heterocycles. The van der Waals surface area contributed by atoms with Crippen molar-refractivity contribution in [2.24, 2.45) is 0 Å². The first-order chi connectivity index (χ1) is 10.3. The van der Waals surface area contributed by atoms with E-state index < -0.39 is 0 Å². The van der Waals surface area contributed by atoms with Crippen molar-refractivity contribution in [2.75, 3.05) is 7.11 Å². The van der Waals surface area contributed by atoms with E-state index in [1.165, 1.54) is 37.7 Å². The number of benzene rings is 1. The maximum Gasteiger partial charge on any atom is 0.220 e. The fourth-order valence-electron chi connectivity index (χ4n) is 2.95. The highest BCUT2D eigenvalue weighted by atomic mass is 16.5. The summed E-state index contributed by atoms with van der Waals surface area (Å²) >= 11 is 0. The van der Waals surface area contributed by atoms with Crippen LogP contribution in [0.25, 0.3) is 0 Å². The molecule has 2 rings (SSSR count). The summed E-state index contributed by atoms with van der Waals surface area (Å²) in [4.78, 5) is 12.1. The largest absolute Gasteiger partial charge is 0.497 e. The van der Waals surface area contributed by atoms with Crippen LogP contribution in [0.5, 0.6) is 5.75 Å². The van der Waals surface area contributed by atoms with Crippen LogP contribution in [0, 0.1) is 0 Å². The number of amides is 1. The van der Waals surface area contributed by atoms with E-state index in [-0.39, 0.29) is 5.91 Å². The molecule has 1 saturated carbocycles. The Morgan fingerprint density at radius 2 is 1.71 bits per heavy atom. The van der Waals surface area contributed by atoms with Gasteiger partial charge < -0.3 is 10.1 Å². The average Bonchev–Trinajstić information content (AvgIpc) is 2.48. The summed E-state index contributed by atoms with van der Waals surface area (Å²) in [7, 11) is 1.66. The monoisotopic (exact) mass is 289 g/mol. The van der Waals surface area contributed by atoms with Crippen molar-refractivity contribution in [3.8, 4) is 5.75 Å². The van der Waals surface area contributed by atoms with Gasteiger partial charge in [0.25, 0.3) is 0 Å². The van der Waals surface area contributed by atoms with E-state index in [0.29, 0.717) is 12.5 Å². The van der Waals surface area contributed by atoms with E-state index in [1.807, 2.05) is 24.3 Å². The Labute approximate surface area is 128 Å². The van der Waals surface area contributed by atoms with Crippen molar-refractivity contribution in [3.63, 3.8) is 0 Å². The zero-order valence-corrected chi connectivity index (χ0v) is 13.1. The van der Waals surface area contributed by atoms with E-state index in [0.717, 1.165) is 25.0 Å². The second kappa shape index (κ2) is 8.71. The molecule has 21 heavy (non-hydrogen) atoms. The predicted octanol–water partition coefficient (Wildman–Crippen LogP) is 3.86. The fourth-order valence-corrected chi connectivity index (χ4v) is 2.95. The highest BCUT2D eigenvalue weighted by Gasteiger charge is 2.13. The molecule has 0 spiro atoms. The van der Waals surface area contributed by atoms with Crippen LogP contribution in [0.3, 0.4) is 0 Å². The first-order valence-corrected chi connectivity index (χ1v) is 8.20. The van der Waals surface area contributed by atoms with Crippen LogP contribution in [-0.2, 0) is 11.2 Å². The number of carbonyl (C=O) groups is 1. The summed E-state index contributed by atoms with van der Waals surface area (Å²) in [6, 6.07) is 8.35. The highest BCUT2D eigenvalue weighted by molar-refractivity contribution is 5.76. The van der Waals surface area contributed by atoms with Gasteiger partial charge in [0.1, 0.15) is 5.75 Å². The van der Waals surface area contributed by atoms with Gasteiger partial charge in [-0.25, -0.2) is 0 Å². The lowest BCUT2D eigenvalue weighted by Crippen LogP contribution is -2.35. The minimum atomic E-state index is 0.191. The van der Waals surface area contributed by atoms with Crippen molar-refractivity contribution >= 4 is 5.91 Å². The summed E-state index contributed by atoms with van der Waals surface area (Å²) in [5.41, 5.74) is 1.18. The Morgan fingerprint density at radius 1 is 1.10 bits per heavy atom. The van der Waals surface area contributed by atoms with Crippen LogP contribution in [0.15, 0.2) is 24.3 Å². The molecule has 1 aromatic rings. The van der Waals surface area contributed by atoms with Gasteiger partial charge >= 0.3 is 0 Å². The SMILES string of the molecule is COc1ccc(CCC(=O)NC2CCCCCCC2)cc1. The van der Waals surface area contributed by atoms with Crippen LogP contribution in [0.1, 0.15) is 56.9 Å². The zero-order chi connectivity index (χ0) is 14.9. The van der Waals surface area contributed by atoms with Crippen molar-refractivity contribution in [2.45, 2.75) is 63.8 Å². The third-order valence-electron chi connectivity index (χ3n) is 4.27. The van der Waals surface area contributed by atoms with Gasteiger partial charge in [-0.3, -0.25) is 4.79 Å². The lowest BCUT2D eigenvalue weighted by molar-refractivity contribution is -0.121. The second-order valence-corrected chi connectivity index (χ2v) is 5.96. The van der Waals surface area contributed by atoms with Crippen LogP contribution in [-0.4, -0.2) is 19.1 Å². The number of rotatable bonds is 5. The Hall–Kier alpha value is -1.51. The van der Waals surface area contributed by atoms with E-state index >= 15 is 0 Å². The number of methoxy groups -OCH3 is 1. The summed E-state index contributed by atoms with van der Waals surface area (Å²) in [6.45, 7) is 0. The molecule has 0 atom stereocenters. The Bertz CT molecular complexity index is 419. The summed E-state index contributed by atoms with van der Waals surface area (Å²) in [6.07, 6.45) is 10.2. The molecule has 1 aromatic carbocycles. The summed E-state index contributed by atoms with van der Waals surface area (Å²) in [5, 5.41) is 3.22. The molecule has 0 aliphatic heterocycles. The first-order valence-electron chi connectivity index (χ1n) is 8.20. The Kier molecular flexibility index (Phi) is 6.58. The topological polar surface area (TPSA) is 38.3 Å². The molecule has 1 fully saturated rings. The number of hydrogen-bond acceptors (Lipinski definition) is 2. The smallest absolute Gasteiger partial charge is 0.220 e. The molecule has 1 aliphatic rings. The van der Waals surface area contributed by atoms with Gasteiger partial charge in [-0.2, -0.15) is 0 Å². The minimum absolute atomic E-state index is 0.191. The molecule has 0 unspecified atom stereocenters. The van der Waals surface area contributed by atoms with Crippen LogP contribution in [0.2, 0.25) is 0 Å². The summed E-state index contributed by atoms with van der Waals surface area (Å²) < 4.78 is 5.14. The third kappa shape index (κ3) is 5.78. The third-order valence-corrected chi connectivity index (χ3v) is 4.27. The standard InChI is InChI=1S/C18H27NO2/c1-21-17-12-9-15(10-13-17)11-14-18(20)19-16-7-5-3-2-4-6-8-16/h9-10,12-13,16H,2-8,11,14H2,1H3,(H,19,20). The lowest BCUT2D eigenvalue weighted by Gasteiger charge is -2.21. The van der Waals surface area contributed by atoms with Gasteiger partial charge in [0, 0.05) is 12.5 Å². The van der Waals surface area contributed by atoms with E-state index in [4.69, 9.17) is 4.74 Å². The van der Waals surface area contributed by atoms with E-state index in [1.54, 1.807) is 7.11 Å². The first kappa shape index (κ1) is 15.9. The normalized spacial score (nSPS) is 16.8. The maximum absolute atomic E-state index is 12.1. The second-order valence-electron chi connectivity index (χ2n) is 5.96. The van der Waals surface area contributed by atoms with Gasteiger partial charge in [-0.05, 0) is 37.0 Å². The van der Waals surface area contributed by atoms with Crippen molar-refractivity contribution in [1.29, 1.82) is 0 Å². The number of ether oxygens (including phenoxy) is 1. The van der Waals surface area contributed by atoms with E-state index in [2.05, 4.69) is 5.32 Å². The van der Waals surface area contributed by atoms with Gasteiger partial charge in [-0.15, -0.1) is 0 Å². The molecular formula is C18H27NO2. The summed E-state index contributed by atoms with van der Waals surface area (Å²) in [5.74, 6) is 1.05. The maximum atomic E-state index is 12.1. The molecule has 1 aliphatic carbocycles. The average molecular weight is 289 g/mol. The lowest BCUT2D eigenvalue weighted by atomic mass is 9.96. The number of carbonyl (C=O) groups excluding carboxylic acids is 1. The molecule has 1 amide bonds. The predicted molar refractivity (Wildman–Crippen MR) is 85.6 cm³/mol. The van der Waals surface area contributed by atoms with Crippen molar-refractivity contribution in [3.05, 3.63) is 29.8 Å². The van der Waals surface area contributed by atoms with Gasteiger partial charge in [0.05, 0.1) is 7.11 Å². The van der Waals surface area contributed by atoms with Gasteiger partial charge in [0.15, 0.2) is 0 Å². The van der Waals surface area contributed by atoms with Crippen LogP contribution in [0.4, 0.5) is 0 Å². The molecule has 0 heterocycles. The van der Waals surface area contributed by atoms with Gasteiger partial charge in [0.2, 0.25) is 5.91 Å². The number of hydrogen-bond donors (Lipinski definition) is 1. The number of aryl methyl sites for hydroxylation is 1. The van der Waals surface area contributed by atoms with Crippen molar-refractivity contribution < 1.29 is 9.53 Å². The van der Waals surface area contributed by atoms with Gasteiger partial charge in [-0.1, -0.05) is 44.2 Å². The molecule has 3 nitrogen and oxygen atoms in total. The fraction of sp³-hybridized carbons (Fsp3) is 0.611. The molecular weight excluding hydrogens is 262 g/mol. The Morgan fingerprint density at radius 3 is 2.33 bits per heavy atom.